The summed E-state index contributed by atoms with van der Waals surface area (Å²) in [5.74, 6) is 1.10. The Balaban J connectivity index is 2.18. The van der Waals surface area contributed by atoms with Gasteiger partial charge in [-0.15, -0.1) is 0 Å². The number of hydrogen-bond acceptors (Lipinski definition) is 3. The molecule has 3 nitrogen and oxygen atoms in total. The van der Waals surface area contributed by atoms with Crippen molar-refractivity contribution in [2.75, 3.05) is 5.32 Å². The number of nitrogens with zero attached hydrogens (tertiary/aromatic N) is 2. The molecule has 0 aliphatic carbocycles. The molecule has 0 aliphatic heterocycles. The molecule has 1 atom stereocenters. The van der Waals surface area contributed by atoms with Gasteiger partial charge in [-0.2, -0.15) is 0 Å². The monoisotopic (exact) mass is 333 g/mol. The van der Waals surface area contributed by atoms with Crippen LogP contribution in [-0.2, 0) is 0 Å². The van der Waals surface area contributed by atoms with E-state index in [9.17, 15) is 0 Å². The van der Waals surface area contributed by atoms with Gasteiger partial charge < -0.3 is 5.32 Å². The molecule has 4 heteroatoms. The highest BCUT2D eigenvalue weighted by molar-refractivity contribution is 9.10. The summed E-state index contributed by atoms with van der Waals surface area (Å²) in [7, 11) is 0. The lowest BCUT2D eigenvalue weighted by molar-refractivity contribution is 0.793. The van der Waals surface area contributed by atoms with Crippen molar-refractivity contribution < 1.29 is 0 Å². The van der Waals surface area contributed by atoms with Gasteiger partial charge >= 0.3 is 0 Å². The van der Waals surface area contributed by atoms with Crippen LogP contribution in [0.4, 0.5) is 5.95 Å². The average Bonchev–Trinajstić information content (AvgIpc) is 2.38. The first-order valence-corrected chi connectivity index (χ1v) is 7.62. The van der Waals surface area contributed by atoms with E-state index in [1.165, 1.54) is 5.56 Å². The maximum atomic E-state index is 4.58. The Morgan fingerprint density at radius 1 is 1.05 bits per heavy atom. The molecule has 2 aromatic rings. The van der Waals surface area contributed by atoms with Gasteiger partial charge in [0.15, 0.2) is 0 Å². The number of anilines is 1. The molecular weight excluding hydrogens is 314 g/mol. The van der Waals surface area contributed by atoms with Gasteiger partial charge in [-0.05, 0) is 43.5 Å². The van der Waals surface area contributed by atoms with Gasteiger partial charge in [-0.1, -0.05) is 41.9 Å². The Labute approximate surface area is 129 Å². The number of benzene rings is 1. The van der Waals surface area contributed by atoms with E-state index in [-0.39, 0.29) is 6.04 Å². The summed E-state index contributed by atoms with van der Waals surface area (Å²) >= 11 is 3.45. The first kappa shape index (κ1) is 15.0. The van der Waals surface area contributed by atoms with Crippen molar-refractivity contribution in [2.45, 2.75) is 39.7 Å². The lowest BCUT2D eigenvalue weighted by Crippen LogP contribution is -2.11. The summed E-state index contributed by atoms with van der Waals surface area (Å²) in [5, 5.41) is 3.38. The van der Waals surface area contributed by atoms with Crippen LogP contribution in [0.2, 0.25) is 0 Å². The van der Waals surface area contributed by atoms with Gasteiger partial charge in [0, 0.05) is 15.9 Å². The standard InChI is InChI=1S/C16H20BrN3/c1-10(2)15-9-11(3)18-16(20-15)19-12(4)13-5-7-14(17)8-6-13/h5-10,12H,1-4H3,(H,18,19,20). The van der Waals surface area contributed by atoms with E-state index < -0.39 is 0 Å². The minimum absolute atomic E-state index is 0.171. The van der Waals surface area contributed by atoms with E-state index in [0.717, 1.165) is 15.9 Å². The molecule has 0 aliphatic rings. The van der Waals surface area contributed by atoms with E-state index in [1.807, 2.05) is 25.1 Å². The largest absolute Gasteiger partial charge is 0.348 e. The topological polar surface area (TPSA) is 37.8 Å². The van der Waals surface area contributed by atoms with Gasteiger partial charge in [-0.3, -0.25) is 0 Å². The molecule has 1 N–H and O–H groups in total. The fourth-order valence-electron chi connectivity index (χ4n) is 1.98. The van der Waals surface area contributed by atoms with E-state index in [1.54, 1.807) is 0 Å². The zero-order chi connectivity index (χ0) is 14.7. The quantitative estimate of drug-likeness (QED) is 0.869. The fourth-order valence-corrected chi connectivity index (χ4v) is 2.25. The maximum absolute atomic E-state index is 4.58. The predicted octanol–water partition coefficient (Wildman–Crippen LogP) is 4.84. The number of nitrogens with one attached hydrogen (secondary N) is 1. The van der Waals surface area contributed by atoms with Crippen LogP contribution in [0.15, 0.2) is 34.8 Å². The third-order valence-electron chi connectivity index (χ3n) is 3.18. The highest BCUT2D eigenvalue weighted by Gasteiger charge is 2.10. The number of hydrogen-bond donors (Lipinski definition) is 1. The van der Waals surface area contributed by atoms with Crippen LogP contribution in [0.3, 0.4) is 0 Å². The van der Waals surface area contributed by atoms with Crippen molar-refractivity contribution in [1.29, 1.82) is 0 Å². The van der Waals surface area contributed by atoms with Gasteiger partial charge in [0.25, 0.3) is 0 Å². The van der Waals surface area contributed by atoms with Crippen LogP contribution in [0.1, 0.15) is 49.7 Å². The lowest BCUT2D eigenvalue weighted by atomic mass is 10.1. The van der Waals surface area contributed by atoms with Crippen molar-refractivity contribution in [3.05, 3.63) is 51.8 Å². The van der Waals surface area contributed by atoms with E-state index in [2.05, 4.69) is 64.1 Å². The van der Waals surface area contributed by atoms with E-state index >= 15 is 0 Å². The minimum Gasteiger partial charge on any atom is -0.348 e. The molecule has 0 radical (unpaired) electrons. The van der Waals surface area contributed by atoms with Crippen LogP contribution in [0.25, 0.3) is 0 Å². The van der Waals surface area contributed by atoms with Crippen LogP contribution in [-0.4, -0.2) is 9.97 Å². The third-order valence-corrected chi connectivity index (χ3v) is 3.71. The van der Waals surface area contributed by atoms with Crippen LogP contribution in [0.5, 0.6) is 0 Å². The number of rotatable bonds is 4. The lowest BCUT2D eigenvalue weighted by Gasteiger charge is -2.16. The first-order valence-electron chi connectivity index (χ1n) is 6.83. The molecule has 0 amide bonds. The molecule has 0 bridgehead atoms. The van der Waals surface area contributed by atoms with Crippen molar-refractivity contribution >= 4 is 21.9 Å². The Bertz CT molecular complexity index is 579. The summed E-state index contributed by atoms with van der Waals surface area (Å²) < 4.78 is 1.09. The molecule has 20 heavy (non-hydrogen) atoms. The van der Waals surface area contributed by atoms with Crippen molar-refractivity contribution in [2.24, 2.45) is 0 Å². The Morgan fingerprint density at radius 3 is 2.30 bits per heavy atom. The third kappa shape index (κ3) is 3.79. The molecule has 1 aromatic carbocycles. The molecule has 2 rings (SSSR count). The van der Waals surface area contributed by atoms with Gasteiger partial charge in [-0.25, -0.2) is 9.97 Å². The summed E-state index contributed by atoms with van der Waals surface area (Å²) in [6.45, 7) is 8.40. The van der Waals surface area contributed by atoms with E-state index in [0.29, 0.717) is 11.9 Å². The Morgan fingerprint density at radius 2 is 1.70 bits per heavy atom. The Kier molecular flexibility index (Phi) is 4.76. The molecule has 1 unspecified atom stereocenters. The summed E-state index contributed by atoms with van der Waals surface area (Å²) in [6.07, 6.45) is 0. The molecule has 0 fully saturated rings. The molecular formula is C16H20BrN3. The van der Waals surface area contributed by atoms with E-state index in [4.69, 9.17) is 0 Å². The first-order chi connectivity index (χ1) is 9.45. The minimum atomic E-state index is 0.171. The molecule has 0 saturated heterocycles. The van der Waals surface area contributed by atoms with Gasteiger partial charge in [0.1, 0.15) is 0 Å². The highest BCUT2D eigenvalue weighted by atomic mass is 79.9. The van der Waals surface area contributed by atoms with Crippen molar-refractivity contribution in [3.8, 4) is 0 Å². The van der Waals surface area contributed by atoms with Gasteiger partial charge in [0.05, 0.1) is 6.04 Å². The smallest absolute Gasteiger partial charge is 0.223 e. The van der Waals surface area contributed by atoms with Crippen LogP contribution in [0, 0.1) is 6.92 Å². The second kappa shape index (κ2) is 6.35. The number of aromatic nitrogens is 2. The summed E-state index contributed by atoms with van der Waals surface area (Å²) in [5.41, 5.74) is 3.28. The molecule has 106 valence electrons. The molecule has 0 spiro atoms. The number of halogens is 1. The van der Waals surface area contributed by atoms with Crippen LogP contribution < -0.4 is 5.32 Å². The number of aryl methyl sites for hydroxylation is 1. The van der Waals surface area contributed by atoms with Crippen molar-refractivity contribution in [1.82, 2.24) is 9.97 Å². The Hall–Kier alpha value is -1.42. The normalized spacial score (nSPS) is 12.5. The zero-order valence-electron chi connectivity index (χ0n) is 12.3. The zero-order valence-corrected chi connectivity index (χ0v) is 13.9. The average molecular weight is 334 g/mol. The fraction of sp³-hybridized carbons (Fsp3) is 0.375. The molecule has 1 aromatic heterocycles. The summed E-state index contributed by atoms with van der Waals surface area (Å²) in [4.78, 5) is 9.05. The highest BCUT2D eigenvalue weighted by Crippen LogP contribution is 2.21. The summed E-state index contributed by atoms with van der Waals surface area (Å²) in [6, 6.07) is 10.5. The second-order valence-electron chi connectivity index (χ2n) is 5.33. The van der Waals surface area contributed by atoms with Crippen molar-refractivity contribution in [3.63, 3.8) is 0 Å². The molecule has 1 heterocycles. The SMILES string of the molecule is Cc1cc(C(C)C)nc(NC(C)c2ccc(Br)cc2)n1. The maximum Gasteiger partial charge on any atom is 0.223 e. The van der Waals surface area contributed by atoms with Gasteiger partial charge in [0.2, 0.25) is 5.95 Å². The predicted molar refractivity (Wildman–Crippen MR) is 87.0 cm³/mol. The molecule has 0 saturated carbocycles. The second-order valence-corrected chi connectivity index (χ2v) is 6.25. The van der Waals surface area contributed by atoms with Crippen LogP contribution >= 0.6 is 15.9 Å².